The van der Waals surface area contributed by atoms with Gasteiger partial charge in [0.1, 0.15) is 58.3 Å². The Morgan fingerprint density at radius 1 is 0.565 bits per heavy atom. The van der Waals surface area contributed by atoms with E-state index in [-0.39, 0.29) is 101 Å². The number of carboxylic acid groups (broad SMARTS) is 2. The minimum Gasteiger partial charge on any atom is -0.481 e. The Bertz CT molecular complexity index is 2930. The van der Waals surface area contributed by atoms with E-state index in [1.165, 1.54) is 0 Å². The Labute approximate surface area is 545 Å². The summed E-state index contributed by atoms with van der Waals surface area (Å²) in [5.74, 6) is -4.20. The van der Waals surface area contributed by atoms with Gasteiger partial charge in [-0.25, -0.2) is 4.68 Å². The maximum absolute atomic E-state index is 13.3. The molecule has 1 aliphatic rings. The number of aliphatic carboxylic acids is 2. The Hall–Kier alpha value is -6.86. The second-order valence-corrected chi connectivity index (χ2v) is 28.2. The topological polar surface area (TPSA) is 278 Å². The number of rotatable bonds is 43. The number of carboxylic acids is 2. The first kappa shape index (κ1) is 77.6. The summed E-state index contributed by atoms with van der Waals surface area (Å²) in [5.41, 5.74) is 3.78. The first-order chi connectivity index (χ1) is 43.1. The van der Waals surface area contributed by atoms with Crippen LogP contribution >= 0.6 is 0 Å². The number of likely N-dealkylation sites (N-methyl/N-ethyl adjacent to an activating group) is 4. The smallest absolute Gasteiger partial charge is 0.311 e. The molecule has 0 bridgehead atoms. The number of quaternary nitrogens is 4. The zero-order valence-electron chi connectivity index (χ0n) is 57.8. The summed E-state index contributed by atoms with van der Waals surface area (Å²) in [6, 6.07) is 16.1. The molecule has 2 amide bonds. The molecule has 0 saturated heterocycles. The van der Waals surface area contributed by atoms with Gasteiger partial charge in [0.25, 0.3) is 0 Å². The highest BCUT2D eigenvalue weighted by atomic mass is 16.5. The van der Waals surface area contributed by atoms with E-state index in [1.807, 2.05) is 131 Å². The maximum atomic E-state index is 13.3. The van der Waals surface area contributed by atoms with Crippen LogP contribution in [0.3, 0.4) is 0 Å². The average molecular weight is 1290 g/mol. The zero-order chi connectivity index (χ0) is 68.5. The monoisotopic (exact) mass is 1290 g/mol. The van der Waals surface area contributed by atoms with Crippen molar-refractivity contribution < 1.29 is 90.2 Å². The molecule has 1 heterocycles. The van der Waals surface area contributed by atoms with E-state index in [0.717, 1.165) is 27.9 Å². The molecule has 514 valence electrons. The fourth-order valence-electron chi connectivity index (χ4n) is 10.6. The van der Waals surface area contributed by atoms with Crippen LogP contribution in [-0.2, 0) is 75.0 Å². The van der Waals surface area contributed by atoms with Crippen molar-refractivity contribution >= 4 is 47.6 Å². The lowest BCUT2D eigenvalue weighted by atomic mass is 9.81. The molecule has 1 aliphatic carbocycles. The minimum atomic E-state index is -0.867. The molecule has 0 aliphatic heterocycles. The number of nitrogens with one attached hydrogen (secondary N) is 2. The van der Waals surface area contributed by atoms with Gasteiger partial charge in [-0.3, -0.25) is 38.4 Å². The fourth-order valence-corrected chi connectivity index (χ4v) is 10.6. The average Bonchev–Trinajstić information content (AvgIpc) is 1.51. The molecule has 5 atom stereocenters. The van der Waals surface area contributed by atoms with Gasteiger partial charge in [0.2, 0.25) is 11.8 Å². The number of hydrogen-bond acceptors (Lipinski definition) is 15. The van der Waals surface area contributed by atoms with Gasteiger partial charge >= 0.3 is 35.8 Å². The summed E-state index contributed by atoms with van der Waals surface area (Å²) in [6.07, 6.45) is 3.61. The van der Waals surface area contributed by atoms with Crippen LogP contribution in [0.4, 0.5) is 0 Å². The van der Waals surface area contributed by atoms with Crippen molar-refractivity contribution in [1.82, 2.24) is 25.6 Å². The Kier molecular flexibility index (Phi) is 30.3. The molecule has 24 heteroatoms. The van der Waals surface area contributed by atoms with Crippen LogP contribution in [0, 0.1) is 22.7 Å². The maximum Gasteiger partial charge on any atom is 0.311 e. The molecular formula is C68H111N9O15+4. The van der Waals surface area contributed by atoms with Gasteiger partial charge in [0.05, 0.1) is 156 Å². The molecular weight excluding hydrogens is 1180 g/mol. The van der Waals surface area contributed by atoms with E-state index >= 15 is 0 Å². The van der Waals surface area contributed by atoms with E-state index in [4.69, 9.17) is 39.0 Å². The van der Waals surface area contributed by atoms with E-state index in [0.29, 0.717) is 141 Å². The summed E-state index contributed by atoms with van der Waals surface area (Å²) in [4.78, 5) is 101. The first-order valence-corrected chi connectivity index (χ1v) is 32.8. The van der Waals surface area contributed by atoms with Crippen molar-refractivity contribution in [3.63, 3.8) is 0 Å². The lowest BCUT2D eigenvalue weighted by molar-refractivity contribution is -0.889. The van der Waals surface area contributed by atoms with Crippen LogP contribution in [0.2, 0.25) is 0 Å². The molecule has 1 aromatic heterocycles. The van der Waals surface area contributed by atoms with E-state index in [9.17, 15) is 38.4 Å². The molecule has 5 unspecified atom stereocenters. The number of carbonyl (C=O) groups excluding carboxylic acids is 6. The number of aromatic nitrogens is 3. The summed E-state index contributed by atoms with van der Waals surface area (Å²) in [7, 11) is 15.5. The van der Waals surface area contributed by atoms with Crippen LogP contribution in [0.5, 0.6) is 0 Å². The quantitative estimate of drug-likeness (QED) is 0.0208. The predicted molar refractivity (Wildman–Crippen MR) is 348 cm³/mol. The van der Waals surface area contributed by atoms with Crippen molar-refractivity contribution in [3.05, 3.63) is 59.7 Å². The van der Waals surface area contributed by atoms with E-state index in [2.05, 4.69) is 21.9 Å². The normalized spacial score (nSPS) is 15.3. The summed E-state index contributed by atoms with van der Waals surface area (Å²) >= 11 is 0. The van der Waals surface area contributed by atoms with Crippen LogP contribution in [0.1, 0.15) is 123 Å². The standard InChI is InChI=1S/C68H107N9O15/c1-15-67(5,65(86)91-47-42-76(11,12)38-29-59(80)81)31-25-50(3)63(84)89-45-40-74(7,8)36-27-57(78)69-33-35-73-62-53-22-18-17-21-52(53)49-56(54-23-19-20-24-55(54)61(62)71-72-73)88-44-34-70-58(79)28-37-75(9,10)41-46-90-64(85)51(4)26-32-68(6,16-2)66(87)92-48-43-77(13,14)39-30-60(82)83/h17-24,50-51,56H,15-16,25-49H2,1-14H3/p+4. The summed E-state index contributed by atoms with van der Waals surface area (Å²) < 4.78 is 32.8. The fraction of sp³-hybridized carbons (Fsp3) is 0.676. The largest absolute Gasteiger partial charge is 0.481 e. The second-order valence-electron chi connectivity index (χ2n) is 28.2. The number of fused-ring (bicyclic) bond motifs is 5. The van der Waals surface area contributed by atoms with Gasteiger partial charge in [-0.2, -0.15) is 0 Å². The van der Waals surface area contributed by atoms with Crippen molar-refractivity contribution in [1.29, 1.82) is 0 Å². The second kappa shape index (κ2) is 36.0. The number of carbonyl (C=O) groups is 8. The number of amides is 2. The van der Waals surface area contributed by atoms with Gasteiger partial charge in [0.15, 0.2) is 0 Å². The molecule has 0 spiro atoms. The molecule has 3 aromatic rings. The van der Waals surface area contributed by atoms with Crippen LogP contribution < -0.4 is 10.6 Å². The first-order valence-electron chi connectivity index (χ1n) is 32.8. The number of nitrogens with zero attached hydrogens (tertiary/aromatic N) is 7. The van der Waals surface area contributed by atoms with Crippen molar-refractivity contribution in [2.24, 2.45) is 22.7 Å². The van der Waals surface area contributed by atoms with Gasteiger partial charge in [-0.15, -0.1) is 5.10 Å². The molecule has 0 radical (unpaired) electrons. The SMILES string of the molecule is CCC(C)(CCC(C)C(=O)OCC[N+](C)(C)CCC(=O)NCCOC1Cc2ccccc2-c2c(nnn2CCNC(=O)CC[N+](C)(C)CCOC(=O)C(C)CCC(C)(CC)C(=O)OCC[N+](C)(C)CCC(=O)O)-c2ccccc21)C(=O)OCC[N+](C)(C)CCC(=O)O. The molecule has 4 rings (SSSR count). The molecule has 4 N–H and O–H groups in total. The predicted octanol–water partition coefficient (Wildman–Crippen LogP) is 6.33. The number of benzene rings is 2. The van der Waals surface area contributed by atoms with Crippen LogP contribution in [0.25, 0.3) is 22.5 Å². The number of esters is 4. The zero-order valence-corrected chi connectivity index (χ0v) is 57.8. The lowest BCUT2D eigenvalue weighted by Crippen LogP contribution is -2.45. The molecule has 92 heavy (non-hydrogen) atoms. The Morgan fingerprint density at radius 3 is 1.43 bits per heavy atom. The minimum absolute atomic E-state index is 0.0303. The van der Waals surface area contributed by atoms with Gasteiger partial charge in [0, 0.05) is 30.6 Å². The molecule has 24 nitrogen and oxygen atoms in total. The summed E-state index contributed by atoms with van der Waals surface area (Å²) in [6.45, 7) is 16.9. The highest BCUT2D eigenvalue weighted by molar-refractivity contribution is 5.83. The molecule has 2 aromatic carbocycles. The van der Waals surface area contributed by atoms with E-state index < -0.39 is 34.6 Å². The third-order valence-corrected chi connectivity index (χ3v) is 18.5. The van der Waals surface area contributed by atoms with Crippen LogP contribution in [0.15, 0.2) is 48.5 Å². The Balaban J connectivity index is 1.19. The molecule has 0 fully saturated rings. The van der Waals surface area contributed by atoms with Crippen LogP contribution in [-0.4, -0.2) is 246 Å². The van der Waals surface area contributed by atoms with Gasteiger partial charge in [-0.1, -0.05) is 81.4 Å². The van der Waals surface area contributed by atoms with Crippen molar-refractivity contribution in [2.75, 3.05) is 155 Å². The lowest BCUT2D eigenvalue weighted by Gasteiger charge is -2.31. The number of ether oxygens (including phenoxy) is 5. The third kappa shape index (κ3) is 25.9. The highest BCUT2D eigenvalue weighted by Crippen LogP contribution is 2.42. The Morgan fingerprint density at radius 2 is 0.978 bits per heavy atom. The van der Waals surface area contributed by atoms with E-state index in [1.54, 1.807) is 13.8 Å². The highest BCUT2D eigenvalue weighted by Gasteiger charge is 2.37. The van der Waals surface area contributed by atoms with Crippen molar-refractivity contribution in [3.8, 4) is 22.5 Å². The number of hydrogen-bond donors (Lipinski definition) is 4. The van der Waals surface area contributed by atoms with Gasteiger partial charge < -0.3 is 62.5 Å². The van der Waals surface area contributed by atoms with Crippen molar-refractivity contribution in [2.45, 2.75) is 125 Å². The molecule has 0 saturated carbocycles. The van der Waals surface area contributed by atoms with Gasteiger partial charge in [-0.05, 0) is 63.5 Å². The third-order valence-electron chi connectivity index (χ3n) is 18.5. The summed E-state index contributed by atoms with van der Waals surface area (Å²) in [5, 5.41) is 33.5.